The highest BCUT2D eigenvalue weighted by molar-refractivity contribution is 7.81. The van der Waals surface area contributed by atoms with Gasteiger partial charge in [0.2, 0.25) is 18.2 Å². The van der Waals surface area contributed by atoms with Gasteiger partial charge in [0.1, 0.15) is 0 Å². The first kappa shape index (κ1) is 29.6. The van der Waals surface area contributed by atoms with Crippen molar-refractivity contribution in [3.63, 3.8) is 0 Å². The second kappa shape index (κ2) is 14.7. The molecule has 3 amide bonds. The third-order valence-corrected chi connectivity index (χ3v) is 5.94. The van der Waals surface area contributed by atoms with Crippen molar-refractivity contribution in [2.45, 2.75) is 57.9 Å². The van der Waals surface area contributed by atoms with E-state index in [-0.39, 0.29) is 22.7 Å². The predicted octanol–water partition coefficient (Wildman–Crippen LogP) is 2.79. The van der Waals surface area contributed by atoms with Crippen LogP contribution in [0.4, 0.5) is 0 Å². The number of amides is 3. The van der Waals surface area contributed by atoms with Gasteiger partial charge in [-0.2, -0.15) is 12.6 Å². The van der Waals surface area contributed by atoms with E-state index in [4.69, 9.17) is 0 Å². The third kappa shape index (κ3) is 11.6. The smallest absolute Gasteiger partial charge is 0.224 e. The molecular formula is C24H36N4O4S2. The fraction of sp³-hybridized carbons (Fsp3) is 0.500. The van der Waals surface area contributed by atoms with E-state index in [1.54, 1.807) is 23.3 Å². The summed E-state index contributed by atoms with van der Waals surface area (Å²) in [5.41, 5.74) is 5.18. The summed E-state index contributed by atoms with van der Waals surface area (Å²) in [5, 5.41) is 14.3. The lowest BCUT2D eigenvalue weighted by molar-refractivity contribution is -0.131. The van der Waals surface area contributed by atoms with Crippen LogP contribution in [0.3, 0.4) is 0 Å². The van der Waals surface area contributed by atoms with Gasteiger partial charge in [0, 0.05) is 44.8 Å². The van der Waals surface area contributed by atoms with Gasteiger partial charge in [0.05, 0.1) is 22.2 Å². The lowest BCUT2D eigenvalue weighted by Gasteiger charge is -2.21. The minimum Gasteiger partial charge on any atom is -0.391 e. The molecule has 1 aromatic heterocycles. The van der Waals surface area contributed by atoms with Crippen LogP contribution in [0.2, 0.25) is 0 Å². The number of aliphatic hydroxyl groups excluding tert-OH is 1. The van der Waals surface area contributed by atoms with E-state index >= 15 is 0 Å². The van der Waals surface area contributed by atoms with Gasteiger partial charge in [0.25, 0.3) is 0 Å². The molecule has 0 spiro atoms. The molecule has 10 heteroatoms. The highest BCUT2D eigenvalue weighted by atomic mass is 32.1. The maximum atomic E-state index is 11.6. The van der Waals surface area contributed by atoms with E-state index in [2.05, 4.69) is 40.4 Å². The fourth-order valence-corrected chi connectivity index (χ4v) is 3.91. The van der Waals surface area contributed by atoms with E-state index in [0.29, 0.717) is 38.9 Å². The maximum Gasteiger partial charge on any atom is 0.224 e. The average molecular weight is 509 g/mol. The predicted molar refractivity (Wildman–Crippen MR) is 140 cm³/mol. The Kier molecular flexibility index (Phi) is 12.8. The number of carbonyl (C=O) groups is 3. The van der Waals surface area contributed by atoms with Gasteiger partial charge in [-0.05, 0) is 24.5 Å². The Bertz CT molecular complexity index is 910. The lowest BCUT2D eigenvalue weighted by Crippen LogP contribution is -2.33. The van der Waals surface area contributed by atoms with E-state index in [0.717, 1.165) is 11.3 Å². The van der Waals surface area contributed by atoms with Gasteiger partial charge in [-0.1, -0.05) is 38.1 Å². The van der Waals surface area contributed by atoms with Gasteiger partial charge in [-0.3, -0.25) is 14.4 Å². The quantitative estimate of drug-likeness (QED) is 0.354. The number of aliphatic hydroxyl groups is 1. The number of thiazole rings is 1. The van der Waals surface area contributed by atoms with Crippen LogP contribution in [-0.2, 0) is 20.9 Å². The Balaban J connectivity index is 0.000000289. The number of carbonyl (C=O) groups excluding carboxylic acids is 3. The standard InChI is InChI=1S/C12H12N2OS.C9H17NO2S.C3H7NO/c1-9-12(16-8-14-9)11-4-2-10(3-5-11)6-13-7-15;1-9(2,13)5-8(12)10-4-3-7(11)6-10;1-3(5)4-2/h2-5,7-8H,6H2,1H3,(H,13,15);7,11,13H,3-6H2,1-2H3;1-2H3,(H,4,5). The van der Waals surface area contributed by atoms with Crippen molar-refractivity contribution in [1.29, 1.82) is 0 Å². The number of rotatable bonds is 6. The molecule has 3 rings (SSSR count). The molecule has 0 radical (unpaired) electrons. The Hall–Kier alpha value is -2.43. The summed E-state index contributed by atoms with van der Waals surface area (Å²) in [5.74, 6) is 0.0987. The minimum absolute atomic E-state index is 0.00463. The fourth-order valence-electron chi connectivity index (χ4n) is 2.96. The summed E-state index contributed by atoms with van der Waals surface area (Å²) < 4.78 is -0.259. The van der Waals surface area contributed by atoms with E-state index < -0.39 is 0 Å². The van der Waals surface area contributed by atoms with E-state index in [1.165, 1.54) is 17.4 Å². The van der Waals surface area contributed by atoms with Gasteiger partial charge in [0.15, 0.2) is 0 Å². The van der Waals surface area contributed by atoms with Crippen LogP contribution in [0.25, 0.3) is 10.4 Å². The van der Waals surface area contributed by atoms with Gasteiger partial charge in [-0.15, -0.1) is 11.3 Å². The number of β-amino-alcohol motifs (C(OH)–C–C–N with tert-alkyl or cyclic N) is 1. The molecule has 0 aliphatic carbocycles. The van der Waals surface area contributed by atoms with Crippen molar-refractivity contribution >= 4 is 42.2 Å². The van der Waals surface area contributed by atoms with E-state index in [1.807, 2.05) is 38.4 Å². The number of nitrogens with one attached hydrogen (secondary N) is 2. The number of nitrogens with zero attached hydrogens (tertiary/aromatic N) is 2. The second-order valence-electron chi connectivity index (χ2n) is 8.54. The summed E-state index contributed by atoms with van der Waals surface area (Å²) in [7, 11) is 1.60. The molecule has 0 bridgehead atoms. The van der Waals surface area contributed by atoms with Crippen LogP contribution in [0.1, 0.15) is 44.9 Å². The Labute approximate surface area is 211 Å². The first-order chi connectivity index (χ1) is 16.0. The average Bonchev–Trinajstić information content (AvgIpc) is 3.40. The summed E-state index contributed by atoms with van der Waals surface area (Å²) in [4.78, 5) is 38.6. The van der Waals surface area contributed by atoms with Crippen molar-refractivity contribution in [2.75, 3.05) is 20.1 Å². The van der Waals surface area contributed by atoms with Crippen molar-refractivity contribution in [3.05, 3.63) is 41.0 Å². The molecule has 3 N–H and O–H groups in total. The zero-order valence-electron chi connectivity index (χ0n) is 20.5. The summed E-state index contributed by atoms with van der Waals surface area (Å²) in [6.45, 7) is 9.06. The Morgan fingerprint density at radius 2 is 1.94 bits per heavy atom. The molecule has 188 valence electrons. The molecule has 2 aromatic rings. The first-order valence-corrected chi connectivity index (χ1v) is 12.3. The first-order valence-electron chi connectivity index (χ1n) is 11.0. The molecule has 34 heavy (non-hydrogen) atoms. The van der Waals surface area contributed by atoms with E-state index in [9.17, 15) is 19.5 Å². The van der Waals surface area contributed by atoms with Crippen molar-refractivity contribution < 1.29 is 19.5 Å². The summed E-state index contributed by atoms with van der Waals surface area (Å²) in [6, 6.07) is 8.15. The third-order valence-electron chi connectivity index (χ3n) is 4.80. The van der Waals surface area contributed by atoms with Crippen LogP contribution >= 0.6 is 24.0 Å². The topological polar surface area (TPSA) is 112 Å². The highest BCUT2D eigenvalue weighted by Crippen LogP contribution is 2.27. The molecule has 1 aromatic carbocycles. The van der Waals surface area contributed by atoms with Gasteiger partial charge in [-0.25, -0.2) is 4.98 Å². The maximum absolute atomic E-state index is 11.6. The number of hydrogen-bond donors (Lipinski definition) is 4. The SMILES string of the molecule is CC(C)(S)CC(=O)N1CCC(O)C1.CNC(C)=O.Cc1ncsc1-c1ccc(CNC=O)cc1. The molecule has 1 saturated heterocycles. The zero-order valence-corrected chi connectivity index (χ0v) is 22.2. The van der Waals surface area contributed by atoms with Crippen LogP contribution < -0.4 is 10.6 Å². The van der Waals surface area contributed by atoms with Gasteiger partial charge < -0.3 is 20.6 Å². The van der Waals surface area contributed by atoms with Crippen LogP contribution in [0.5, 0.6) is 0 Å². The molecule has 8 nitrogen and oxygen atoms in total. The molecule has 1 unspecified atom stereocenters. The van der Waals surface area contributed by atoms with Crippen molar-refractivity contribution in [1.82, 2.24) is 20.5 Å². The molecule has 1 aliphatic rings. The Morgan fingerprint density at radius 1 is 1.32 bits per heavy atom. The number of hydrogen-bond acceptors (Lipinski definition) is 7. The Morgan fingerprint density at radius 3 is 2.35 bits per heavy atom. The van der Waals surface area contributed by atoms with Gasteiger partial charge >= 0.3 is 0 Å². The zero-order chi connectivity index (χ0) is 25.7. The summed E-state index contributed by atoms with van der Waals surface area (Å²) >= 11 is 5.94. The number of likely N-dealkylation sites (tertiary alicyclic amines) is 1. The number of thiol groups is 1. The molecule has 0 saturated carbocycles. The van der Waals surface area contributed by atoms with Crippen LogP contribution in [-0.4, -0.2) is 64.2 Å². The van der Waals surface area contributed by atoms with Crippen molar-refractivity contribution in [3.8, 4) is 10.4 Å². The summed E-state index contributed by atoms with van der Waals surface area (Å²) in [6.07, 6.45) is 1.52. The number of aromatic nitrogens is 1. The van der Waals surface area contributed by atoms with Crippen LogP contribution in [0, 0.1) is 6.92 Å². The highest BCUT2D eigenvalue weighted by Gasteiger charge is 2.27. The number of aryl methyl sites for hydroxylation is 1. The monoisotopic (exact) mass is 508 g/mol. The molecule has 1 aliphatic heterocycles. The normalized spacial score (nSPS) is 14.8. The van der Waals surface area contributed by atoms with Crippen molar-refractivity contribution in [2.24, 2.45) is 0 Å². The molecular weight excluding hydrogens is 472 g/mol. The second-order valence-corrected chi connectivity index (χ2v) is 10.6. The van der Waals surface area contributed by atoms with Crippen LogP contribution in [0.15, 0.2) is 29.8 Å². The molecule has 2 heterocycles. The number of benzene rings is 1. The molecule has 1 fully saturated rings. The lowest BCUT2D eigenvalue weighted by atomic mass is 10.1. The molecule has 1 atom stereocenters. The minimum atomic E-state index is -0.327. The largest absolute Gasteiger partial charge is 0.391 e.